The Morgan fingerprint density at radius 3 is 2.47 bits per heavy atom. The molecule has 1 aliphatic heterocycles. The Bertz CT molecular complexity index is 472. The average molecular weight is 255 g/mol. The number of likely N-dealkylation sites (N-methyl/N-ethyl adjacent to an activating group) is 1. The highest BCUT2D eigenvalue weighted by Crippen LogP contribution is 2.19. The van der Waals surface area contributed by atoms with Crippen LogP contribution >= 0.6 is 0 Å². The lowest BCUT2D eigenvalue weighted by Crippen LogP contribution is -2.39. The number of aliphatic hydroxyl groups is 1. The van der Waals surface area contributed by atoms with E-state index in [9.17, 15) is 13.5 Å². The van der Waals surface area contributed by atoms with Crippen molar-refractivity contribution in [2.24, 2.45) is 0 Å². The second-order valence-corrected chi connectivity index (χ2v) is 6.77. The van der Waals surface area contributed by atoms with Gasteiger partial charge in [-0.15, -0.1) is 0 Å². The van der Waals surface area contributed by atoms with Crippen molar-refractivity contribution in [2.45, 2.75) is 18.7 Å². The summed E-state index contributed by atoms with van der Waals surface area (Å²) in [5.41, 5.74) is 1.12. The molecule has 5 heteroatoms. The average Bonchev–Trinajstić information content (AvgIpc) is 2.54. The van der Waals surface area contributed by atoms with Gasteiger partial charge >= 0.3 is 0 Å². The van der Waals surface area contributed by atoms with Gasteiger partial charge in [0.1, 0.15) is 0 Å². The highest BCUT2D eigenvalue weighted by Gasteiger charge is 2.38. The summed E-state index contributed by atoms with van der Waals surface area (Å²) in [4.78, 5) is 1.91. The molecule has 0 amide bonds. The van der Waals surface area contributed by atoms with E-state index in [4.69, 9.17) is 0 Å². The molecule has 0 unspecified atom stereocenters. The standard InChI is InChI=1S/C12H17NO3S/c1-13(7-10-5-3-2-4-6-10)11-8-17(15,16)9-12(11)14/h2-6,11-12,14H,7-9H2,1H3/t11-,12-/m1/s1. The van der Waals surface area contributed by atoms with Crippen LogP contribution in [-0.2, 0) is 16.4 Å². The van der Waals surface area contributed by atoms with Crippen molar-refractivity contribution >= 4 is 9.84 Å². The van der Waals surface area contributed by atoms with Crippen LogP contribution in [0.4, 0.5) is 0 Å². The largest absolute Gasteiger partial charge is 0.390 e. The van der Waals surface area contributed by atoms with Gasteiger partial charge in [0, 0.05) is 6.54 Å². The summed E-state index contributed by atoms with van der Waals surface area (Å²) in [5.74, 6) is -0.0612. The first-order valence-electron chi connectivity index (χ1n) is 5.60. The number of hydrogen-bond donors (Lipinski definition) is 1. The minimum absolute atomic E-state index is 0.0531. The SMILES string of the molecule is CN(Cc1ccccc1)[C@@H]1CS(=O)(=O)C[C@H]1O. The maximum absolute atomic E-state index is 11.4. The molecule has 2 rings (SSSR count). The van der Waals surface area contributed by atoms with Gasteiger partial charge in [0.15, 0.2) is 9.84 Å². The van der Waals surface area contributed by atoms with Gasteiger partial charge in [0.25, 0.3) is 0 Å². The fourth-order valence-electron chi connectivity index (χ4n) is 2.22. The molecule has 17 heavy (non-hydrogen) atoms. The predicted octanol–water partition coefficient (Wildman–Crippen LogP) is 0.276. The first-order valence-corrected chi connectivity index (χ1v) is 7.43. The van der Waals surface area contributed by atoms with E-state index in [-0.39, 0.29) is 17.5 Å². The molecule has 0 spiro atoms. The molecule has 1 saturated heterocycles. The number of aliphatic hydroxyl groups excluding tert-OH is 1. The maximum Gasteiger partial charge on any atom is 0.154 e. The summed E-state index contributed by atoms with van der Waals surface area (Å²) in [5, 5.41) is 9.75. The summed E-state index contributed by atoms with van der Waals surface area (Å²) < 4.78 is 22.8. The van der Waals surface area contributed by atoms with E-state index in [1.54, 1.807) is 0 Å². The van der Waals surface area contributed by atoms with Crippen molar-refractivity contribution in [1.29, 1.82) is 0 Å². The van der Waals surface area contributed by atoms with Gasteiger partial charge in [-0.05, 0) is 12.6 Å². The van der Waals surface area contributed by atoms with Crippen LogP contribution in [0.1, 0.15) is 5.56 Å². The normalized spacial score (nSPS) is 27.5. The second-order valence-electron chi connectivity index (χ2n) is 4.61. The Balaban J connectivity index is 2.04. The van der Waals surface area contributed by atoms with E-state index < -0.39 is 15.9 Å². The molecule has 1 aromatic rings. The van der Waals surface area contributed by atoms with Crippen LogP contribution in [0.2, 0.25) is 0 Å². The van der Waals surface area contributed by atoms with Crippen molar-refractivity contribution in [3.8, 4) is 0 Å². The van der Waals surface area contributed by atoms with Crippen LogP contribution in [0.3, 0.4) is 0 Å². The fourth-order valence-corrected chi connectivity index (χ4v) is 4.10. The first-order chi connectivity index (χ1) is 7.98. The number of benzene rings is 1. The Kier molecular flexibility index (Phi) is 3.51. The zero-order valence-corrected chi connectivity index (χ0v) is 10.6. The highest BCUT2D eigenvalue weighted by atomic mass is 32.2. The molecule has 0 radical (unpaired) electrons. The molecular weight excluding hydrogens is 238 g/mol. The Morgan fingerprint density at radius 2 is 1.94 bits per heavy atom. The van der Waals surface area contributed by atoms with Crippen molar-refractivity contribution in [1.82, 2.24) is 4.90 Å². The van der Waals surface area contributed by atoms with E-state index in [2.05, 4.69) is 0 Å². The van der Waals surface area contributed by atoms with Crippen molar-refractivity contribution < 1.29 is 13.5 Å². The zero-order chi connectivity index (χ0) is 12.5. The summed E-state index contributed by atoms with van der Waals surface area (Å²) >= 11 is 0. The van der Waals surface area contributed by atoms with Gasteiger partial charge in [-0.2, -0.15) is 0 Å². The molecule has 1 fully saturated rings. The third-order valence-electron chi connectivity index (χ3n) is 3.13. The van der Waals surface area contributed by atoms with E-state index in [0.717, 1.165) is 5.56 Å². The summed E-state index contributed by atoms with van der Waals surface area (Å²) in [6.45, 7) is 0.651. The van der Waals surface area contributed by atoms with E-state index in [1.807, 2.05) is 42.3 Å². The molecule has 1 N–H and O–H groups in total. The number of hydrogen-bond acceptors (Lipinski definition) is 4. The summed E-state index contributed by atoms with van der Waals surface area (Å²) in [7, 11) is -1.22. The lowest BCUT2D eigenvalue weighted by molar-refractivity contribution is 0.0958. The highest BCUT2D eigenvalue weighted by molar-refractivity contribution is 7.91. The minimum atomic E-state index is -3.07. The predicted molar refractivity (Wildman–Crippen MR) is 66.4 cm³/mol. The van der Waals surface area contributed by atoms with Gasteiger partial charge in [-0.25, -0.2) is 8.42 Å². The third kappa shape index (κ3) is 3.06. The zero-order valence-electron chi connectivity index (χ0n) is 9.78. The molecule has 0 aliphatic carbocycles. The van der Waals surface area contributed by atoms with E-state index in [0.29, 0.717) is 6.54 Å². The topological polar surface area (TPSA) is 57.6 Å². The minimum Gasteiger partial charge on any atom is -0.390 e. The molecule has 0 aromatic heterocycles. The molecule has 1 heterocycles. The smallest absolute Gasteiger partial charge is 0.154 e. The Hall–Kier alpha value is -0.910. The van der Waals surface area contributed by atoms with Crippen LogP contribution in [0, 0.1) is 0 Å². The van der Waals surface area contributed by atoms with Crippen molar-refractivity contribution in [3.63, 3.8) is 0 Å². The molecule has 94 valence electrons. The molecule has 4 nitrogen and oxygen atoms in total. The van der Waals surface area contributed by atoms with Crippen LogP contribution in [0.25, 0.3) is 0 Å². The number of rotatable bonds is 3. The van der Waals surface area contributed by atoms with Gasteiger partial charge in [0.2, 0.25) is 0 Å². The van der Waals surface area contributed by atoms with Gasteiger partial charge < -0.3 is 5.11 Å². The van der Waals surface area contributed by atoms with Crippen molar-refractivity contribution in [3.05, 3.63) is 35.9 Å². The lowest BCUT2D eigenvalue weighted by atomic mass is 10.1. The molecule has 0 bridgehead atoms. The third-order valence-corrected chi connectivity index (χ3v) is 4.83. The van der Waals surface area contributed by atoms with E-state index in [1.165, 1.54) is 0 Å². The number of nitrogens with zero attached hydrogens (tertiary/aromatic N) is 1. The number of sulfone groups is 1. The second kappa shape index (κ2) is 4.76. The van der Waals surface area contributed by atoms with Crippen LogP contribution in [0.15, 0.2) is 30.3 Å². The van der Waals surface area contributed by atoms with Gasteiger partial charge in [-0.1, -0.05) is 30.3 Å². The molecule has 1 aromatic carbocycles. The lowest BCUT2D eigenvalue weighted by Gasteiger charge is -2.25. The van der Waals surface area contributed by atoms with Gasteiger partial charge in [0.05, 0.1) is 23.7 Å². The van der Waals surface area contributed by atoms with Gasteiger partial charge in [-0.3, -0.25) is 4.90 Å². The fraction of sp³-hybridized carbons (Fsp3) is 0.500. The quantitative estimate of drug-likeness (QED) is 0.842. The molecule has 2 atom stereocenters. The summed E-state index contributed by atoms with van der Waals surface area (Å²) in [6, 6.07) is 9.53. The van der Waals surface area contributed by atoms with Crippen LogP contribution in [0.5, 0.6) is 0 Å². The van der Waals surface area contributed by atoms with E-state index >= 15 is 0 Å². The Labute approximate surface area is 102 Å². The van der Waals surface area contributed by atoms with Crippen LogP contribution in [-0.4, -0.2) is 49.1 Å². The monoisotopic (exact) mass is 255 g/mol. The van der Waals surface area contributed by atoms with Crippen LogP contribution < -0.4 is 0 Å². The molecule has 1 aliphatic rings. The summed E-state index contributed by atoms with van der Waals surface area (Å²) in [6.07, 6.45) is -0.770. The first kappa shape index (κ1) is 12.5. The Morgan fingerprint density at radius 1 is 1.29 bits per heavy atom. The maximum atomic E-state index is 11.4. The van der Waals surface area contributed by atoms with Crippen molar-refractivity contribution in [2.75, 3.05) is 18.6 Å². The molecule has 0 saturated carbocycles. The molecular formula is C12H17NO3S.